The second kappa shape index (κ2) is 10.6. The van der Waals surface area contributed by atoms with E-state index < -0.39 is 5.91 Å². The van der Waals surface area contributed by atoms with E-state index in [4.69, 9.17) is 5.73 Å². The molecular formula is C30H33N5O2. The summed E-state index contributed by atoms with van der Waals surface area (Å²) in [5, 5.41) is 2.73. The van der Waals surface area contributed by atoms with E-state index in [2.05, 4.69) is 47.0 Å². The van der Waals surface area contributed by atoms with Crippen LogP contribution in [-0.2, 0) is 6.42 Å². The zero-order valence-electron chi connectivity index (χ0n) is 21.4. The van der Waals surface area contributed by atoms with Crippen LogP contribution in [0.25, 0.3) is 10.9 Å². The molecule has 1 aliphatic rings. The average molecular weight is 496 g/mol. The van der Waals surface area contributed by atoms with Gasteiger partial charge in [-0.1, -0.05) is 56.3 Å². The lowest BCUT2D eigenvalue weighted by Gasteiger charge is -2.25. The first-order valence-corrected chi connectivity index (χ1v) is 12.9. The fourth-order valence-electron chi connectivity index (χ4n) is 5.45. The second-order valence-corrected chi connectivity index (χ2v) is 10.0. The molecule has 7 nitrogen and oxygen atoms in total. The molecule has 0 aliphatic carbocycles. The zero-order valence-corrected chi connectivity index (χ0v) is 21.4. The Morgan fingerprint density at radius 1 is 1.03 bits per heavy atom. The number of pyridine rings is 1. The van der Waals surface area contributed by atoms with Crippen molar-refractivity contribution in [2.75, 3.05) is 13.1 Å². The molecule has 0 spiro atoms. The highest BCUT2D eigenvalue weighted by Gasteiger charge is 2.29. The zero-order chi connectivity index (χ0) is 25.9. The highest BCUT2D eigenvalue weighted by atomic mass is 16.2. The summed E-state index contributed by atoms with van der Waals surface area (Å²) in [6.07, 6.45) is 6.47. The van der Waals surface area contributed by atoms with Crippen LogP contribution >= 0.6 is 0 Å². The molecule has 4 aromatic rings. The molecular weight excluding hydrogens is 462 g/mol. The molecule has 1 atom stereocenters. The molecule has 3 heterocycles. The maximum absolute atomic E-state index is 13.2. The maximum atomic E-state index is 13.2. The van der Waals surface area contributed by atoms with Crippen molar-refractivity contribution in [1.82, 2.24) is 20.0 Å². The monoisotopic (exact) mass is 495 g/mol. The van der Waals surface area contributed by atoms with Gasteiger partial charge in [-0.3, -0.25) is 20.0 Å². The summed E-state index contributed by atoms with van der Waals surface area (Å²) in [6.45, 7) is 5.86. The van der Waals surface area contributed by atoms with E-state index in [0.717, 1.165) is 53.7 Å². The predicted octanol–water partition coefficient (Wildman–Crippen LogP) is 4.83. The number of hydrogen-bond acceptors (Lipinski definition) is 4. The van der Waals surface area contributed by atoms with Crippen LogP contribution in [0.2, 0.25) is 0 Å². The van der Waals surface area contributed by atoms with Gasteiger partial charge in [0.05, 0.1) is 17.1 Å². The van der Waals surface area contributed by atoms with Crippen molar-refractivity contribution >= 4 is 22.7 Å². The minimum atomic E-state index is -0.463. The van der Waals surface area contributed by atoms with Crippen LogP contribution in [0.3, 0.4) is 0 Å². The van der Waals surface area contributed by atoms with Gasteiger partial charge in [0.2, 0.25) is 0 Å². The summed E-state index contributed by atoms with van der Waals surface area (Å²) in [5.41, 5.74) is 14.0. The van der Waals surface area contributed by atoms with E-state index in [-0.39, 0.29) is 17.9 Å². The third-order valence-corrected chi connectivity index (χ3v) is 7.11. The Morgan fingerprint density at radius 2 is 1.78 bits per heavy atom. The summed E-state index contributed by atoms with van der Waals surface area (Å²) in [5.74, 6) is -0.585. The summed E-state index contributed by atoms with van der Waals surface area (Å²) in [6, 6.07) is 19.7. The van der Waals surface area contributed by atoms with E-state index in [0.29, 0.717) is 17.5 Å². The number of aromatic nitrogens is 2. The fourth-order valence-corrected chi connectivity index (χ4v) is 5.45. The number of hydrazine groups is 1. The molecule has 3 N–H and O–H groups in total. The number of nitrogens with one attached hydrogen (secondary N) is 1. The first-order chi connectivity index (χ1) is 17.9. The second-order valence-electron chi connectivity index (χ2n) is 10.0. The molecule has 7 heteroatoms. The summed E-state index contributed by atoms with van der Waals surface area (Å²) < 4.78 is 2.22. The van der Waals surface area contributed by atoms with Crippen LogP contribution in [0, 0.1) is 0 Å². The molecule has 2 amide bonds. The van der Waals surface area contributed by atoms with Crippen LogP contribution in [0.5, 0.6) is 0 Å². The first kappa shape index (κ1) is 24.7. The molecule has 190 valence electrons. The predicted molar refractivity (Wildman–Crippen MR) is 145 cm³/mol. The Hall–Kier alpha value is -3.97. The van der Waals surface area contributed by atoms with Crippen LogP contribution in [-0.4, -0.2) is 39.5 Å². The number of nitrogens with two attached hydrogens (primary N) is 1. The molecule has 0 bridgehead atoms. The number of carbonyl (C=O) groups is 2. The lowest BCUT2D eigenvalue weighted by Crippen LogP contribution is -2.39. The molecule has 1 unspecified atom stereocenters. The van der Waals surface area contributed by atoms with Crippen LogP contribution < -0.4 is 11.2 Å². The van der Waals surface area contributed by atoms with E-state index in [1.807, 2.05) is 47.6 Å². The van der Waals surface area contributed by atoms with Crippen molar-refractivity contribution in [3.8, 4) is 0 Å². The highest BCUT2D eigenvalue weighted by Crippen LogP contribution is 2.38. The van der Waals surface area contributed by atoms with E-state index in [1.165, 1.54) is 0 Å². The third-order valence-electron chi connectivity index (χ3n) is 7.11. The molecule has 0 radical (unpaired) electrons. The fraction of sp³-hybridized carbons (Fsp3) is 0.300. The van der Waals surface area contributed by atoms with Crippen LogP contribution in [0.15, 0.2) is 73.1 Å². The number of carbonyl (C=O) groups excluding carboxylic acids is 2. The summed E-state index contributed by atoms with van der Waals surface area (Å²) in [4.78, 5) is 30.3. The molecule has 2 aromatic heterocycles. The van der Waals surface area contributed by atoms with Crippen LogP contribution in [0.4, 0.5) is 0 Å². The summed E-state index contributed by atoms with van der Waals surface area (Å²) >= 11 is 0. The number of primary amides is 1. The quantitative estimate of drug-likeness (QED) is 0.366. The van der Waals surface area contributed by atoms with Crippen molar-refractivity contribution in [3.63, 3.8) is 0 Å². The van der Waals surface area contributed by atoms with E-state index in [1.54, 1.807) is 12.3 Å². The molecule has 5 rings (SSSR count). The van der Waals surface area contributed by atoms with Crippen molar-refractivity contribution in [2.24, 2.45) is 5.73 Å². The Labute approximate surface area is 217 Å². The largest absolute Gasteiger partial charge is 0.366 e. The molecule has 2 aromatic carbocycles. The SMILES string of the molecule is CC(C)c1c(C(N)=O)c2ccc(C(=O)NN3CCCC3)cc2n1C(Cc1cccnc1)c1ccccc1. The number of hydrogen-bond donors (Lipinski definition) is 2. The number of nitrogens with zero attached hydrogens (tertiary/aromatic N) is 3. The highest BCUT2D eigenvalue weighted by molar-refractivity contribution is 6.09. The molecule has 1 fully saturated rings. The van der Waals surface area contributed by atoms with Gasteiger partial charge in [0, 0.05) is 42.1 Å². The topological polar surface area (TPSA) is 93.2 Å². The molecule has 1 saturated heterocycles. The van der Waals surface area contributed by atoms with Gasteiger partial charge in [-0.15, -0.1) is 0 Å². The minimum absolute atomic E-state index is 0.0249. The standard InChI is InChI=1S/C30H33N5O2/c1-20(2)28-27(29(31)36)24-13-12-23(30(37)33-34-15-6-7-16-34)18-26(24)35(28)25(22-10-4-3-5-11-22)17-21-9-8-14-32-19-21/h3-5,8-14,18-20,25H,6-7,15-17H2,1-2H3,(H2,31,36)(H,33,37). The third kappa shape index (κ3) is 5.00. The van der Waals surface area contributed by atoms with Gasteiger partial charge in [0.1, 0.15) is 0 Å². The van der Waals surface area contributed by atoms with Gasteiger partial charge in [-0.05, 0) is 54.5 Å². The van der Waals surface area contributed by atoms with Gasteiger partial charge in [-0.2, -0.15) is 0 Å². The first-order valence-electron chi connectivity index (χ1n) is 12.9. The van der Waals surface area contributed by atoms with Gasteiger partial charge in [0.15, 0.2) is 0 Å². The lowest BCUT2D eigenvalue weighted by molar-refractivity contribution is 0.0825. The normalized spacial score (nSPS) is 14.8. The number of benzene rings is 2. The van der Waals surface area contributed by atoms with E-state index >= 15 is 0 Å². The van der Waals surface area contributed by atoms with Gasteiger partial charge in [-0.25, -0.2) is 5.01 Å². The smallest absolute Gasteiger partial charge is 0.265 e. The van der Waals surface area contributed by atoms with Gasteiger partial charge >= 0.3 is 0 Å². The Balaban J connectivity index is 1.72. The molecule has 1 aliphatic heterocycles. The van der Waals surface area contributed by atoms with E-state index in [9.17, 15) is 9.59 Å². The Bertz CT molecular complexity index is 1410. The van der Waals surface area contributed by atoms with Gasteiger partial charge in [0.25, 0.3) is 11.8 Å². The number of fused-ring (bicyclic) bond motifs is 1. The van der Waals surface area contributed by atoms with Crippen molar-refractivity contribution in [3.05, 3.63) is 101 Å². The lowest BCUT2D eigenvalue weighted by atomic mass is 9.97. The van der Waals surface area contributed by atoms with Crippen molar-refractivity contribution in [1.29, 1.82) is 0 Å². The Morgan fingerprint density at radius 3 is 2.43 bits per heavy atom. The maximum Gasteiger partial charge on any atom is 0.265 e. The van der Waals surface area contributed by atoms with Crippen molar-refractivity contribution in [2.45, 2.75) is 45.1 Å². The molecule has 0 saturated carbocycles. The Kier molecular flexibility index (Phi) is 7.06. The number of amides is 2. The van der Waals surface area contributed by atoms with Crippen LogP contribution in [0.1, 0.15) is 76.2 Å². The minimum Gasteiger partial charge on any atom is -0.366 e. The number of rotatable bonds is 8. The van der Waals surface area contributed by atoms with Gasteiger partial charge < -0.3 is 10.3 Å². The summed E-state index contributed by atoms with van der Waals surface area (Å²) in [7, 11) is 0. The van der Waals surface area contributed by atoms with Crippen molar-refractivity contribution < 1.29 is 9.59 Å². The average Bonchev–Trinajstić information content (AvgIpc) is 3.54. The molecule has 37 heavy (non-hydrogen) atoms.